The highest BCUT2D eigenvalue weighted by atomic mass is 79.9. The van der Waals surface area contributed by atoms with Crippen LogP contribution in [0.25, 0.3) is 0 Å². The molecule has 0 bridgehead atoms. The molecular formula is C5H11Br2NO2. The van der Waals surface area contributed by atoms with E-state index >= 15 is 0 Å². The summed E-state index contributed by atoms with van der Waals surface area (Å²) in [7, 11) is 4.13. The summed E-state index contributed by atoms with van der Waals surface area (Å²) in [5, 5.41) is 8.89. The number of hydrogen-bond donors (Lipinski definition) is 1. The van der Waals surface area contributed by atoms with E-state index in [0.29, 0.717) is 3.86 Å². The lowest BCUT2D eigenvalue weighted by atomic mass is 10.9. The number of rotatable bonds is 1. The minimum atomic E-state index is -1.08. The second-order valence-electron chi connectivity index (χ2n) is 1.87. The highest BCUT2D eigenvalue weighted by Gasteiger charge is 1.99. The molecule has 0 fully saturated rings. The molecule has 0 aromatic rings. The van der Waals surface area contributed by atoms with Crippen molar-refractivity contribution >= 4 is 37.8 Å². The average Bonchev–Trinajstić information content (AvgIpc) is 1.63. The van der Waals surface area contributed by atoms with Gasteiger partial charge >= 0.3 is 0 Å². The van der Waals surface area contributed by atoms with Crippen LogP contribution in [0.15, 0.2) is 0 Å². The summed E-state index contributed by atoms with van der Waals surface area (Å²) in [6, 6.07) is 0. The number of aliphatic carboxylic acids is 1. The maximum Gasteiger partial charge on any atom is 0.197 e. The van der Waals surface area contributed by atoms with E-state index in [1.807, 2.05) is 0 Å². The molecule has 0 amide bonds. The molecule has 1 N–H and O–H groups in total. The fraction of sp³-hybridized carbons (Fsp3) is 0.800. The molecule has 0 radical (unpaired) electrons. The number of carbonyl (C=O) groups excluding carboxylic acids is 1. The van der Waals surface area contributed by atoms with Crippen LogP contribution in [-0.2, 0) is 4.79 Å². The van der Waals surface area contributed by atoms with Crippen molar-refractivity contribution in [2.45, 2.75) is 10.8 Å². The van der Waals surface area contributed by atoms with Gasteiger partial charge in [-0.15, -0.1) is 0 Å². The van der Waals surface area contributed by atoms with Crippen LogP contribution in [-0.4, -0.2) is 23.9 Å². The molecule has 0 aliphatic rings. The Morgan fingerprint density at radius 3 is 1.60 bits per heavy atom. The molecule has 0 heterocycles. The first kappa shape index (κ1) is 13.0. The quantitative estimate of drug-likeness (QED) is 0.491. The van der Waals surface area contributed by atoms with Crippen molar-refractivity contribution in [3.05, 3.63) is 0 Å². The van der Waals surface area contributed by atoms with E-state index in [1.165, 1.54) is 4.90 Å². The van der Waals surface area contributed by atoms with E-state index in [1.54, 1.807) is 0 Å². The highest BCUT2D eigenvalue weighted by molar-refractivity contribution is 9.24. The monoisotopic (exact) mass is 275 g/mol. The van der Waals surface area contributed by atoms with Gasteiger partial charge in [-0.05, 0) is 38.8 Å². The zero-order valence-electron chi connectivity index (χ0n) is 6.15. The SMILES string of the molecule is CC(=O)[O-].C[NH+](C)C(Br)Br. The van der Waals surface area contributed by atoms with E-state index < -0.39 is 5.97 Å². The molecule has 0 spiro atoms. The number of alkyl halides is 2. The molecule has 0 rings (SSSR count). The van der Waals surface area contributed by atoms with Gasteiger partial charge in [0.2, 0.25) is 0 Å². The third kappa shape index (κ3) is 23.8. The average molecular weight is 277 g/mol. The van der Waals surface area contributed by atoms with Gasteiger partial charge in [-0.1, -0.05) is 0 Å². The topological polar surface area (TPSA) is 44.6 Å². The van der Waals surface area contributed by atoms with Crippen LogP contribution in [0, 0.1) is 0 Å². The van der Waals surface area contributed by atoms with Gasteiger partial charge in [0.05, 0.1) is 14.1 Å². The molecule has 3 nitrogen and oxygen atoms in total. The van der Waals surface area contributed by atoms with E-state index in [-0.39, 0.29) is 0 Å². The molecule has 0 aliphatic carbocycles. The Morgan fingerprint density at radius 1 is 1.50 bits per heavy atom. The Morgan fingerprint density at radius 2 is 1.60 bits per heavy atom. The van der Waals surface area contributed by atoms with Crippen LogP contribution < -0.4 is 10.0 Å². The highest BCUT2D eigenvalue weighted by Crippen LogP contribution is 1.95. The maximum atomic E-state index is 8.89. The van der Waals surface area contributed by atoms with Gasteiger partial charge in [0.1, 0.15) is 0 Å². The molecule has 5 heteroatoms. The lowest BCUT2D eigenvalue weighted by Gasteiger charge is -2.05. The number of carboxylic acids is 1. The number of halogens is 2. The summed E-state index contributed by atoms with van der Waals surface area (Å²) in [4.78, 5) is 10.2. The van der Waals surface area contributed by atoms with Crippen molar-refractivity contribution in [3.8, 4) is 0 Å². The largest absolute Gasteiger partial charge is 0.550 e. The van der Waals surface area contributed by atoms with Gasteiger partial charge in [-0.2, -0.15) is 0 Å². The predicted octanol–water partition coefficient (Wildman–Crippen LogP) is -1.04. The molecule has 0 unspecified atom stereocenters. The summed E-state index contributed by atoms with van der Waals surface area (Å²) >= 11 is 6.64. The number of carboxylic acid groups (broad SMARTS) is 1. The molecule has 10 heavy (non-hydrogen) atoms. The number of hydrogen-bond acceptors (Lipinski definition) is 2. The first-order valence-corrected chi connectivity index (χ1v) is 4.46. The first-order valence-electron chi connectivity index (χ1n) is 2.63. The Labute approximate surface area is 77.7 Å². The Balaban J connectivity index is 0. The van der Waals surface area contributed by atoms with Crippen LogP contribution >= 0.6 is 31.9 Å². The van der Waals surface area contributed by atoms with E-state index in [9.17, 15) is 0 Å². The number of carbonyl (C=O) groups is 1. The van der Waals surface area contributed by atoms with Crippen molar-refractivity contribution < 1.29 is 14.8 Å². The fourth-order valence-corrected chi connectivity index (χ4v) is 0. The standard InChI is InChI=1S/C3H7Br2N.C2H4O2/c1-6(2)3(4)5;1-2(3)4/h3H,1-2H3;1H3,(H,3,4). The van der Waals surface area contributed by atoms with E-state index in [0.717, 1.165) is 6.92 Å². The lowest BCUT2D eigenvalue weighted by molar-refractivity contribution is -0.851. The molecule has 0 aromatic heterocycles. The first-order chi connectivity index (χ1) is 4.37. The van der Waals surface area contributed by atoms with Gasteiger partial charge < -0.3 is 14.8 Å². The zero-order valence-corrected chi connectivity index (χ0v) is 9.32. The predicted molar refractivity (Wildman–Crippen MR) is 45.1 cm³/mol. The van der Waals surface area contributed by atoms with Crippen molar-refractivity contribution in [1.29, 1.82) is 0 Å². The summed E-state index contributed by atoms with van der Waals surface area (Å²) in [5.41, 5.74) is 0. The van der Waals surface area contributed by atoms with Crippen molar-refractivity contribution in [1.82, 2.24) is 0 Å². The third-order valence-corrected chi connectivity index (χ3v) is 2.27. The molecule has 0 saturated carbocycles. The third-order valence-electron chi connectivity index (χ3n) is 0.436. The van der Waals surface area contributed by atoms with Crippen LogP contribution in [0.4, 0.5) is 0 Å². The second kappa shape index (κ2) is 7.50. The molecular weight excluding hydrogens is 266 g/mol. The minimum Gasteiger partial charge on any atom is -0.550 e. The summed E-state index contributed by atoms with van der Waals surface area (Å²) in [5.74, 6) is -1.08. The number of nitrogens with one attached hydrogen (secondary N) is 1. The van der Waals surface area contributed by atoms with Crippen LogP contribution in [0.5, 0.6) is 0 Å². The van der Waals surface area contributed by atoms with Crippen LogP contribution in [0.2, 0.25) is 0 Å². The summed E-state index contributed by atoms with van der Waals surface area (Å²) in [6.07, 6.45) is 0. The second-order valence-corrected chi connectivity index (χ2v) is 4.93. The zero-order chi connectivity index (χ0) is 8.73. The number of quaternary nitrogens is 1. The van der Waals surface area contributed by atoms with Crippen molar-refractivity contribution in [2.75, 3.05) is 14.1 Å². The Kier molecular flexibility index (Phi) is 9.76. The van der Waals surface area contributed by atoms with Crippen LogP contribution in [0.3, 0.4) is 0 Å². The van der Waals surface area contributed by atoms with E-state index in [2.05, 4.69) is 46.0 Å². The van der Waals surface area contributed by atoms with E-state index in [4.69, 9.17) is 9.90 Å². The van der Waals surface area contributed by atoms with Gasteiger partial charge in [-0.3, -0.25) is 0 Å². The maximum absolute atomic E-state index is 8.89. The molecule has 0 saturated heterocycles. The van der Waals surface area contributed by atoms with Crippen molar-refractivity contribution in [2.24, 2.45) is 0 Å². The molecule has 62 valence electrons. The smallest absolute Gasteiger partial charge is 0.197 e. The van der Waals surface area contributed by atoms with Gasteiger partial charge in [-0.25, -0.2) is 0 Å². The van der Waals surface area contributed by atoms with Crippen LogP contribution in [0.1, 0.15) is 6.92 Å². The molecule has 0 aromatic carbocycles. The van der Waals surface area contributed by atoms with Gasteiger partial charge in [0, 0.05) is 5.97 Å². The minimum absolute atomic E-state index is 0.394. The Bertz CT molecular complexity index is 85.6. The van der Waals surface area contributed by atoms with Crippen molar-refractivity contribution in [3.63, 3.8) is 0 Å². The van der Waals surface area contributed by atoms with Gasteiger partial charge in [0.25, 0.3) is 0 Å². The lowest BCUT2D eigenvalue weighted by Crippen LogP contribution is -3.07. The summed E-state index contributed by atoms with van der Waals surface area (Å²) in [6.45, 7) is 0.972. The Hall–Kier alpha value is 0.390. The normalized spacial score (nSPS) is 9.10. The fourth-order valence-electron chi connectivity index (χ4n) is 0. The summed E-state index contributed by atoms with van der Waals surface area (Å²) < 4.78 is 0.394. The molecule has 0 atom stereocenters. The van der Waals surface area contributed by atoms with Gasteiger partial charge in [0.15, 0.2) is 3.86 Å². The molecule has 0 aliphatic heterocycles.